The molecule has 0 aliphatic heterocycles. The fourth-order valence-electron chi connectivity index (χ4n) is 1.36. The quantitative estimate of drug-likeness (QED) is 0.664. The van der Waals surface area contributed by atoms with Crippen LogP contribution in [0.15, 0.2) is 6.20 Å². The number of nitrogens with zero attached hydrogens (tertiary/aromatic N) is 2. The Morgan fingerprint density at radius 1 is 1.28 bits per heavy atom. The highest BCUT2D eigenvalue weighted by molar-refractivity contribution is 5.40. The van der Waals surface area contributed by atoms with Gasteiger partial charge in [0.05, 0.1) is 6.20 Å². The van der Waals surface area contributed by atoms with Crippen LogP contribution in [0.5, 0.6) is 0 Å². The van der Waals surface area contributed by atoms with Crippen molar-refractivity contribution in [2.75, 3.05) is 36.9 Å². The van der Waals surface area contributed by atoms with E-state index in [1.54, 1.807) is 0 Å². The summed E-state index contributed by atoms with van der Waals surface area (Å²) in [5, 5.41) is 5.88. The molecule has 18 heavy (non-hydrogen) atoms. The highest BCUT2D eigenvalue weighted by atomic mass is 19.1. The predicted molar refractivity (Wildman–Crippen MR) is 70.4 cm³/mol. The molecule has 2 N–H and O–H groups in total. The first-order chi connectivity index (χ1) is 8.77. The number of hydrogen-bond donors (Lipinski definition) is 2. The van der Waals surface area contributed by atoms with Gasteiger partial charge in [-0.2, -0.15) is 4.98 Å². The SMILES string of the molecule is CCCOCCCNc1nc(NCC)ncc1F. The van der Waals surface area contributed by atoms with E-state index in [-0.39, 0.29) is 5.82 Å². The smallest absolute Gasteiger partial charge is 0.224 e. The van der Waals surface area contributed by atoms with E-state index in [0.717, 1.165) is 19.4 Å². The van der Waals surface area contributed by atoms with Crippen LogP contribution in [0.3, 0.4) is 0 Å². The van der Waals surface area contributed by atoms with Crippen LogP contribution < -0.4 is 10.6 Å². The Bertz CT molecular complexity index is 349. The van der Waals surface area contributed by atoms with Crippen molar-refractivity contribution in [3.8, 4) is 0 Å². The van der Waals surface area contributed by atoms with Gasteiger partial charge in [0.1, 0.15) is 0 Å². The second-order valence-corrected chi connectivity index (χ2v) is 3.81. The van der Waals surface area contributed by atoms with E-state index in [0.29, 0.717) is 25.6 Å². The Balaban J connectivity index is 2.34. The number of hydrogen-bond acceptors (Lipinski definition) is 5. The van der Waals surface area contributed by atoms with Gasteiger partial charge in [-0.3, -0.25) is 0 Å². The summed E-state index contributed by atoms with van der Waals surface area (Å²) in [4.78, 5) is 7.88. The molecule has 0 atom stereocenters. The van der Waals surface area contributed by atoms with Crippen molar-refractivity contribution < 1.29 is 9.13 Å². The van der Waals surface area contributed by atoms with Crippen LogP contribution in [0.4, 0.5) is 16.2 Å². The first kappa shape index (κ1) is 14.6. The zero-order valence-electron chi connectivity index (χ0n) is 11.0. The summed E-state index contributed by atoms with van der Waals surface area (Å²) in [5.74, 6) is 0.228. The van der Waals surface area contributed by atoms with E-state index in [4.69, 9.17) is 4.74 Å². The summed E-state index contributed by atoms with van der Waals surface area (Å²) in [6, 6.07) is 0. The van der Waals surface area contributed by atoms with Crippen molar-refractivity contribution in [3.63, 3.8) is 0 Å². The Morgan fingerprint density at radius 2 is 2.11 bits per heavy atom. The molecule has 0 bridgehead atoms. The van der Waals surface area contributed by atoms with Crippen molar-refractivity contribution in [2.24, 2.45) is 0 Å². The maximum absolute atomic E-state index is 13.4. The Labute approximate surface area is 107 Å². The van der Waals surface area contributed by atoms with Crippen LogP contribution in [-0.2, 0) is 4.74 Å². The zero-order valence-corrected chi connectivity index (χ0v) is 11.0. The number of nitrogens with one attached hydrogen (secondary N) is 2. The Morgan fingerprint density at radius 3 is 2.83 bits per heavy atom. The van der Waals surface area contributed by atoms with E-state index >= 15 is 0 Å². The molecule has 0 spiro atoms. The first-order valence-electron chi connectivity index (χ1n) is 6.36. The molecule has 0 saturated carbocycles. The van der Waals surface area contributed by atoms with Crippen LogP contribution in [0.25, 0.3) is 0 Å². The van der Waals surface area contributed by atoms with Crippen LogP contribution in [0.2, 0.25) is 0 Å². The average Bonchev–Trinajstić information content (AvgIpc) is 2.37. The lowest BCUT2D eigenvalue weighted by atomic mass is 10.4. The van der Waals surface area contributed by atoms with E-state index in [2.05, 4.69) is 27.5 Å². The topological polar surface area (TPSA) is 59.1 Å². The monoisotopic (exact) mass is 256 g/mol. The molecule has 0 saturated heterocycles. The van der Waals surface area contributed by atoms with Gasteiger partial charge in [0.15, 0.2) is 11.6 Å². The molecular formula is C12H21FN4O. The van der Waals surface area contributed by atoms with Gasteiger partial charge in [0.25, 0.3) is 0 Å². The minimum absolute atomic E-state index is 0.233. The lowest BCUT2D eigenvalue weighted by Crippen LogP contribution is -2.11. The van der Waals surface area contributed by atoms with Gasteiger partial charge in [-0.25, -0.2) is 9.37 Å². The maximum Gasteiger partial charge on any atom is 0.224 e. The summed E-state index contributed by atoms with van der Waals surface area (Å²) in [7, 11) is 0. The van der Waals surface area contributed by atoms with Gasteiger partial charge in [-0.15, -0.1) is 0 Å². The minimum Gasteiger partial charge on any atom is -0.381 e. The van der Waals surface area contributed by atoms with Gasteiger partial charge in [0, 0.05) is 26.3 Å². The standard InChI is InChI=1S/C12H21FN4O/c1-3-7-18-8-5-6-15-11-10(13)9-16-12(17-11)14-4-2/h9H,3-8H2,1-2H3,(H2,14,15,16,17). The summed E-state index contributed by atoms with van der Waals surface area (Å²) in [5.41, 5.74) is 0. The number of anilines is 2. The molecule has 0 aliphatic rings. The third-order valence-electron chi connectivity index (χ3n) is 2.19. The van der Waals surface area contributed by atoms with Crippen molar-refractivity contribution >= 4 is 11.8 Å². The number of aromatic nitrogens is 2. The van der Waals surface area contributed by atoms with Crippen LogP contribution in [0, 0.1) is 5.82 Å². The average molecular weight is 256 g/mol. The van der Waals surface area contributed by atoms with Gasteiger partial charge < -0.3 is 15.4 Å². The maximum atomic E-state index is 13.4. The highest BCUT2D eigenvalue weighted by Crippen LogP contribution is 2.11. The number of rotatable bonds is 9. The second-order valence-electron chi connectivity index (χ2n) is 3.81. The van der Waals surface area contributed by atoms with Crippen LogP contribution >= 0.6 is 0 Å². The highest BCUT2D eigenvalue weighted by Gasteiger charge is 2.05. The van der Waals surface area contributed by atoms with E-state index in [9.17, 15) is 4.39 Å². The van der Waals surface area contributed by atoms with Gasteiger partial charge in [-0.05, 0) is 19.8 Å². The summed E-state index contributed by atoms with van der Waals surface area (Å²) < 4.78 is 18.7. The van der Waals surface area contributed by atoms with Crippen molar-refractivity contribution in [3.05, 3.63) is 12.0 Å². The van der Waals surface area contributed by atoms with Gasteiger partial charge in [-0.1, -0.05) is 6.92 Å². The molecule has 5 nitrogen and oxygen atoms in total. The van der Waals surface area contributed by atoms with E-state index < -0.39 is 5.82 Å². The summed E-state index contributed by atoms with van der Waals surface area (Å²) in [6.07, 6.45) is 3.00. The van der Waals surface area contributed by atoms with Gasteiger partial charge >= 0.3 is 0 Å². The molecule has 102 valence electrons. The lowest BCUT2D eigenvalue weighted by molar-refractivity contribution is 0.134. The first-order valence-corrected chi connectivity index (χ1v) is 6.36. The molecule has 0 unspecified atom stereocenters. The molecular weight excluding hydrogens is 235 g/mol. The van der Waals surface area contributed by atoms with E-state index in [1.807, 2.05) is 6.92 Å². The number of ether oxygens (including phenoxy) is 1. The molecule has 1 aromatic heterocycles. The molecule has 1 rings (SSSR count). The largest absolute Gasteiger partial charge is 0.381 e. The van der Waals surface area contributed by atoms with Gasteiger partial charge in [0.2, 0.25) is 5.95 Å². The fourth-order valence-corrected chi connectivity index (χ4v) is 1.36. The van der Waals surface area contributed by atoms with E-state index in [1.165, 1.54) is 6.20 Å². The number of halogens is 1. The third kappa shape index (κ3) is 5.27. The molecule has 0 amide bonds. The van der Waals surface area contributed by atoms with Crippen LogP contribution in [-0.4, -0.2) is 36.3 Å². The Kier molecular flexibility index (Phi) is 7.01. The molecule has 1 heterocycles. The molecule has 0 aliphatic carbocycles. The fraction of sp³-hybridized carbons (Fsp3) is 0.667. The summed E-state index contributed by atoms with van der Waals surface area (Å²) >= 11 is 0. The zero-order chi connectivity index (χ0) is 13.2. The Hall–Kier alpha value is -1.43. The third-order valence-corrected chi connectivity index (χ3v) is 2.19. The second kappa shape index (κ2) is 8.63. The predicted octanol–water partition coefficient (Wildman–Crippen LogP) is 2.28. The van der Waals surface area contributed by atoms with Crippen molar-refractivity contribution in [1.82, 2.24) is 9.97 Å². The normalized spacial score (nSPS) is 10.4. The van der Waals surface area contributed by atoms with Crippen molar-refractivity contribution in [1.29, 1.82) is 0 Å². The van der Waals surface area contributed by atoms with Crippen LogP contribution in [0.1, 0.15) is 26.7 Å². The molecule has 0 aromatic carbocycles. The van der Waals surface area contributed by atoms with Crippen molar-refractivity contribution in [2.45, 2.75) is 26.7 Å². The molecule has 6 heteroatoms. The molecule has 1 aromatic rings. The molecule has 0 fully saturated rings. The molecule has 0 radical (unpaired) electrons. The lowest BCUT2D eigenvalue weighted by Gasteiger charge is -2.08. The minimum atomic E-state index is -0.439. The summed E-state index contributed by atoms with van der Waals surface area (Å²) in [6.45, 7) is 6.78.